The van der Waals surface area contributed by atoms with Gasteiger partial charge in [-0.15, -0.1) is 0 Å². The minimum absolute atomic E-state index is 0.0560. The number of anilines is 1. The molecular formula is C15H14N4O2. The van der Waals surface area contributed by atoms with E-state index in [4.69, 9.17) is 0 Å². The molecule has 0 spiro atoms. The molecule has 0 bridgehead atoms. The van der Waals surface area contributed by atoms with Crippen molar-refractivity contribution in [3.05, 3.63) is 64.5 Å². The quantitative estimate of drug-likeness (QED) is 0.565. The molecule has 0 aliphatic rings. The number of nitrogens with zero attached hydrogens (tertiary/aromatic N) is 2. The molecule has 0 saturated heterocycles. The van der Waals surface area contributed by atoms with Crippen molar-refractivity contribution in [3.8, 4) is 0 Å². The third-order valence-corrected chi connectivity index (χ3v) is 3.29. The first-order valence-electron chi connectivity index (χ1n) is 6.60. The van der Waals surface area contributed by atoms with Gasteiger partial charge in [-0.1, -0.05) is 24.3 Å². The summed E-state index contributed by atoms with van der Waals surface area (Å²) in [4.78, 5) is 18.3. The predicted octanol–water partition coefficient (Wildman–Crippen LogP) is 3.64. The number of rotatable bonds is 4. The van der Waals surface area contributed by atoms with Crippen LogP contribution in [0.1, 0.15) is 18.8 Å². The van der Waals surface area contributed by atoms with Crippen LogP contribution >= 0.6 is 0 Å². The van der Waals surface area contributed by atoms with E-state index in [2.05, 4.69) is 15.3 Å². The fraction of sp³-hybridized carbons (Fsp3) is 0.133. The molecule has 6 heteroatoms. The monoisotopic (exact) mass is 282 g/mol. The number of hydrogen-bond acceptors (Lipinski definition) is 4. The number of benzene rings is 2. The third kappa shape index (κ3) is 2.55. The lowest BCUT2D eigenvalue weighted by atomic mass is 10.2. The Hall–Kier alpha value is -2.89. The van der Waals surface area contributed by atoms with Crippen LogP contribution in [0.25, 0.3) is 11.0 Å². The second-order valence-electron chi connectivity index (χ2n) is 4.78. The number of aromatic amines is 1. The van der Waals surface area contributed by atoms with Crippen molar-refractivity contribution in [2.45, 2.75) is 13.0 Å². The van der Waals surface area contributed by atoms with Gasteiger partial charge in [0, 0.05) is 6.07 Å². The summed E-state index contributed by atoms with van der Waals surface area (Å²) in [5, 5.41) is 14.2. The minimum atomic E-state index is -0.395. The average molecular weight is 282 g/mol. The summed E-state index contributed by atoms with van der Waals surface area (Å²) in [5.74, 6) is 0.745. The van der Waals surface area contributed by atoms with E-state index >= 15 is 0 Å². The highest BCUT2D eigenvalue weighted by molar-refractivity contribution is 5.75. The second-order valence-corrected chi connectivity index (χ2v) is 4.78. The van der Waals surface area contributed by atoms with E-state index in [9.17, 15) is 10.1 Å². The van der Waals surface area contributed by atoms with E-state index in [1.165, 1.54) is 6.07 Å². The number of nitro groups is 1. The topological polar surface area (TPSA) is 83.8 Å². The Kier molecular flexibility index (Phi) is 3.27. The summed E-state index contributed by atoms with van der Waals surface area (Å²) in [7, 11) is 0. The Bertz CT molecular complexity index is 764. The molecule has 0 saturated carbocycles. The third-order valence-electron chi connectivity index (χ3n) is 3.29. The van der Waals surface area contributed by atoms with Crippen LogP contribution in [0.2, 0.25) is 0 Å². The smallest absolute Gasteiger partial charge is 0.292 e. The molecule has 0 aliphatic carbocycles. The Labute approximate surface area is 121 Å². The maximum Gasteiger partial charge on any atom is 0.292 e. The Balaban J connectivity index is 1.89. The van der Waals surface area contributed by atoms with Crippen molar-refractivity contribution in [2.75, 3.05) is 5.32 Å². The predicted molar refractivity (Wildman–Crippen MR) is 81.2 cm³/mol. The van der Waals surface area contributed by atoms with Gasteiger partial charge < -0.3 is 10.3 Å². The highest BCUT2D eigenvalue weighted by Gasteiger charge is 2.16. The van der Waals surface area contributed by atoms with Crippen LogP contribution in [0.15, 0.2) is 48.5 Å². The van der Waals surface area contributed by atoms with Crippen molar-refractivity contribution >= 4 is 22.4 Å². The highest BCUT2D eigenvalue weighted by atomic mass is 16.6. The number of hydrogen-bond donors (Lipinski definition) is 2. The molecule has 3 rings (SSSR count). The molecule has 1 atom stereocenters. The maximum atomic E-state index is 11.0. The summed E-state index contributed by atoms with van der Waals surface area (Å²) in [6.45, 7) is 1.91. The molecule has 0 amide bonds. The summed E-state index contributed by atoms with van der Waals surface area (Å²) in [5.41, 5.74) is 2.36. The Morgan fingerprint density at radius 1 is 1.19 bits per heavy atom. The van der Waals surface area contributed by atoms with Crippen LogP contribution in [0, 0.1) is 10.1 Å². The maximum absolute atomic E-state index is 11.0. The molecule has 0 fully saturated rings. The van der Waals surface area contributed by atoms with Gasteiger partial charge in [0.15, 0.2) is 0 Å². The molecule has 3 aromatic rings. The van der Waals surface area contributed by atoms with Crippen LogP contribution in [0.3, 0.4) is 0 Å². The number of aromatic nitrogens is 2. The number of H-pyrrole nitrogens is 1. The van der Waals surface area contributed by atoms with E-state index in [1.807, 2.05) is 31.2 Å². The van der Waals surface area contributed by atoms with E-state index < -0.39 is 4.92 Å². The fourth-order valence-electron chi connectivity index (χ4n) is 2.23. The number of nitro benzene ring substituents is 1. The lowest BCUT2D eigenvalue weighted by Gasteiger charge is -2.12. The summed E-state index contributed by atoms with van der Waals surface area (Å²) in [6, 6.07) is 14.1. The minimum Gasteiger partial charge on any atom is -0.370 e. The van der Waals surface area contributed by atoms with Crippen LogP contribution in [0.4, 0.5) is 11.4 Å². The lowest BCUT2D eigenvalue weighted by molar-refractivity contribution is -0.384. The van der Waals surface area contributed by atoms with Crippen LogP contribution in [-0.2, 0) is 0 Å². The zero-order valence-corrected chi connectivity index (χ0v) is 11.4. The Morgan fingerprint density at radius 3 is 2.67 bits per heavy atom. The van der Waals surface area contributed by atoms with Crippen molar-refractivity contribution in [3.63, 3.8) is 0 Å². The molecule has 6 nitrogen and oxygen atoms in total. The molecule has 1 aromatic heterocycles. The van der Waals surface area contributed by atoms with Gasteiger partial charge in [0.1, 0.15) is 11.5 Å². The van der Waals surface area contributed by atoms with Crippen LogP contribution < -0.4 is 5.32 Å². The van der Waals surface area contributed by atoms with Gasteiger partial charge in [-0.2, -0.15) is 0 Å². The number of para-hydroxylation sites is 4. The summed E-state index contributed by atoms with van der Waals surface area (Å²) in [6.07, 6.45) is 0. The molecule has 2 aromatic carbocycles. The molecule has 2 N–H and O–H groups in total. The first-order valence-corrected chi connectivity index (χ1v) is 6.60. The molecule has 21 heavy (non-hydrogen) atoms. The molecule has 1 unspecified atom stereocenters. The Morgan fingerprint density at radius 2 is 1.90 bits per heavy atom. The van der Waals surface area contributed by atoms with Gasteiger partial charge in [-0.3, -0.25) is 10.1 Å². The van der Waals surface area contributed by atoms with Crippen molar-refractivity contribution in [1.82, 2.24) is 9.97 Å². The summed E-state index contributed by atoms with van der Waals surface area (Å²) < 4.78 is 0. The van der Waals surface area contributed by atoms with Gasteiger partial charge in [-0.05, 0) is 25.1 Å². The van der Waals surface area contributed by atoms with E-state index in [1.54, 1.807) is 18.2 Å². The molecule has 106 valence electrons. The number of nitrogens with one attached hydrogen (secondary N) is 2. The van der Waals surface area contributed by atoms with Gasteiger partial charge in [0.25, 0.3) is 5.69 Å². The van der Waals surface area contributed by atoms with Gasteiger partial charge in [0.2, 0.25) is 0 Å². The standard InChI is InChI=1S/C15H14N4O2/c1-10(15-17-11-6-2-3-7-12(11)18-15)16-13-8-4-5-9-14(13)19(20)21/h2-10,16H,1H3,(H,17,18). The average Bonchev–Trinajstić information content (AvgIpc) is 2.91. The largest absolute Gasteiger partial charge is 0.370 e. The fourth-order valence-corrected chi connectivity index (χ4v) is 2.23. The van der Waals surface area contributed by atoms with Crippen molar-refractivity contribution in [2.24, 2.45) is 0 Å². The summed E-state index contributed by atoms with van der Waals surface area (Å²) >= 11 is 0. The zero-order chi connectivity index (χ0) is 14.8. The van der Waals surface area contributed by atoms with E-state index in [0.29, 0.717) is 5.69 Å². The number of imidazole rings is 1. The van der Waals surface area contributed by atoms with Gasteiger partial charge in [0.05, 0.1) is 22.0 Å². The van der Waals surface area contributed by atoms with Crippen molar-refractivity contribution in [1.29, 1.82) is 0 Å². The van der Waals surface area contributed by atoms with E-state index in [-0.39, 0.29) is 11.7 Å². The second kappa shape index (κ2) is 5.24. The van der Waals surface area contributed by atoms with Crippen LogP contribution in [0.5, 0.6) is 0 Å². The molecule has 1 heterocycles. The van der Waals surface area contributed by atoms with E-state index in [0.717, 1.165) is 16.9 Å². The first kappa shape index (κ1) is 13.1. The van der Waals surface area contributed by atoms with Crippen molar-refractivity contribution < 1.29 is 4.92 Å². The van der Waals surface area contributed by atoms with Crippen LogP contribution in [-0.4, -0.2) is 14.9 Å². The number of fused-ring (bicyclic) bond motifs is 1. The van der Waals surface area contributed by atoms with Gasteiger partial charge >= 0.3 is 0 Å². The molecule has 0 radical (unpaired) electrons. The normalized spacial score (nSPS) is 12.2. The zero-order valence-electron chi connectivity index (χ0n) is 11.4. The SMILES string of the molecule is CC(Nc1ccccc1[N+](=O)[O-])c1nc2ccccc2[nH]1. The lowest BCUT2D eigenvalue weighted by Crippen LogP contribution is -2.09. The molecule has 0 aliphatic heterocycles. The van der Waals surface area contributed by atoms with Gasteiger partial charge in [-0.25, -0.2) is 4.98 Å². The highest BCUT2D eigenvalue weighted by Crippen LogP contribution is 2.27. The molecular weight excluding hydrogens is 268 g/mol. The first-order chi connectivity index (χ1) is 10.1.